The van der Waals surface area contributed by atoms with Crippen LogP contribution in [0.1, 0.15) is 6.92 Å². The maximum absolute atomic E-state index is 10.7. The van der Waals surface area contributed by atoms with Crippen LogP contribution in [0.3, 0.4) is 0 Å². The summed E-state index contributed by atoms with van der Waals surface area (Å²) in [6.45, 7) is 1.98. The molecule has 0 aliphatic heterocycles. The third-order valence-electron chi connectivity index (χ3n) is 0.923. The van der Waals surface area contributed by atoms with Gasteiger partial charge in [0.2, 0.25) is 0 Å². The fourth-order valence-corrected chi connectivity index (χ4v) is 0.662. The lowest BCUT2D eigenvalue weighted by Crippen LogP contribution is -2.13. The number of hydrogen-bond donors (Lipinski definition) is 2. The van der Waals surface area contributed by atoms with E-state index in [2.05, 4.69) is 32.5 Å². The van der Waals surface area contributed by atoms with Crippen molar-refractivity contribution in [3.8, 4) is 0 Å². The second kappa shape index (κ2) is 3.86. The maximum Gasteiger partial charge on any atom is 0.415 e. The summed E-state index contributed by atoms with van der Waals surface area (Å²) in [5.41, 5.74) is 0. The van der Waals surface area contributed by atoms with E-state index in [1.807, 2.05) is 0 Å². The van der Waals surface area contributed by atoms with Crippen LogP contribution in [-0.2, 0) is 4.74 Å². The topological polar surface area (TPSA) is 80.1 Å². The average molecular weight is 189 g/mol. The Morgan fingerprint density at radius 3 is 3.17 bits per heavy atom. The van der Waals surface area contributed by atoms with Crippen molar-refractivity contribution in [3.05, 3.63) is 4.84 Å². The van der Waals surface area contributed by atoms with E-state index >= 15 is 0 Å². The molecular formula is C5H7N3O3S. The predicted octanol–water partition coefficient (Wildman–Crippen LogP) is 1.30. The zero-order valence-corrected chi connectivity index (χ0v) is 7.10. The van der Waals surface area contributed by atoms with Gasteiger partial charge in [-0.1, -0.05) is 0 Å². The number of amides is 1. The normalized spacial score (nSPS) is 9.42. The number of hydrogen-bond acceptors (Lipinski definition) is 5. The summed E-state index contributed by atoms with van der Waals surface area (Å²) in [5.74, 6) is 0. The summed E-state index contributed by atoms with van der Waals surface area (Å²) in [6.07, 6.45) is -0.622. The first-order chi connectivity index (χ1) is 5.72. The van der Waals surface area contributed by atoms with Crippen molar-refractivity contribution in [2.75, 3.05) is 11.9 Å². The minimum Gasteiger partial charge on any atom is -0.450 e. The Bertz CT molecular complexity index is 318. The van der Waals surface area contributed by atoms with Gasteiger partial charge in [0.15, 0.2) is 0 Å². The highest BCUT2D eigenvalue weighted by Gasteiger charge is 2.05. The van der Waals surface area contributed by atoms with Crippen LogP contribution in [0, 0.1) is 4.84 Å². The fourth-order valence-electron chi connectivity index (χ4n) is 0.538. The van der Waals surface area contributed by atoms with E-state index in [0.29, 0.717) is 0 Å². The molecule has 2 N–H and O–H groups in total. The summed E-state index contributed by atoms with van der Waals surface area (Å²) in [4.78, 5) is 10.8. The van der Waals surface area contributed by atoms with Gasteiger partial charge in [-0.25, -0.2) is 15.2 Å². The van der Waals surface area contributed by atoms with Gasteiger partial charge in [0, 0.05) is 0 Å². The van der Waals surface area contributed by atoms with Gasteiger partial charge in [0.05, 0.1) is 6.61 Å². The summed E-state index contributed by atoms with van der Waals surface area (Å²) in [6, 6.07) is -0.00144. The minimum atomic E-state index is -0.622. The molecule has 0 aliphatic carbocycles. The Balaban J connectivity index is 2.52. The van der Waals surface area contributed by atoms with Crippen LogP contribution >= 0.6 is 12.2 Å². The Labute approximate surface area is 72.9 Å². The number of aromatic amines is 1. The molecule has 6 nitrogen and oxygen atoms in total. The van der Waals surface area contributed by atoms with Crippen LogP contribution in [0.15, 0.2) is 4.42 Å². The highest BCUT2D eigenvalue weighted by atomic mass is 32.1. The number of anilines is 1. The number of carbonyl (C=O) groups is 1. The molecule has 0 spiro atoms. The molecule has 12 heavy (non-hydrogen) atoms. The molecule has 0 bridgehead atoms. The molecular weight excluding hydrogens is 182 g/mol. The van der Waals surface area contributed by atoms with Gasteiger partial charge in [0.1, 0.15) is 0 Å². The lowest BCUT2D eigenvalue weighted by Gasteiger charge is -1.98. The van der Waals surface area contributed by atoms with E-state index in [0.717, 1.165) is 0 Å². The monoisotopic (exact) mass is 189 g/mol. The average Bonchev–Trinajstić information content (AvgIpc) is 2.36. The lowest BCUT2D eigenvalue weighted by molar-refractivity contribution is 0.167. The summed E-state index contributed by atoms with van der Waals surface area (Å²) in [5, 5.41) is 8.10. The van der Waals surface area contributed by atoms with Crippen LogP contribution in [0.2, 0.25) is 0 Å². The maximum atomic E-state index is 10.7. The van der Waals surface area contributed by atoms with E-state index in [4.69, 9.17) is 4.42 Å². The van der Waals surface area contributed by atoms with Crippen molar-refractivity contribution < 1.29 is 13.9 Å². The SMILES string of the molecule is CCOC(=O)Nc1n[nH]c(=S)o1. The molecule has 1 heterocycles. The van der Waals surface area contributed by atoms with Crippen molar-refractivity contribution in [2.45, 2.75) is 6.92 Å². The molecule has 0 aromatic carbocycles. The van der Waals surface area contributed by atoms with Crippen molar-refractivity contribution in [3.63, 3.8) is 0 Å². The largest absolute Gasteiger partial charge is 0.450 e. The van der Waals surface area contributed by atoms with E-state index in [-0.39, 0.29) is 17.5 Å². The summed E-state index contributed by atoms with van der Waals surface area (Å²) >= 11 is 4.57. The molecule has 0 atom stereocenters. The second-order valence-corrected chi connectivity index (χ2v) is 2.13. The van der Waals surface area contributed by atoms with E-state index < -0.39 is 6.09 Å². The second-order valence-electron chi connectivity index (χ2n) is 1.76. The van der Waals surface area contributed by atoms with Crippen molar-refractivity contribution in [1.82, 2.24) is 10.2 Å². The minimum absolute atomic E-state index is 0.00144. The van der Waals surface area contributed by atoms with Gasteiger partial charge in [-0.3, -0.25) is 0 Å². The Kier molecular flexibility index (Phi) is 2.81. The Morgan fingerprint density at radius 2 is 2.67 bits per heavy atom. The molecule has 66 valence electrons. The number of H-pyrrole nitrogens is 1. The smallest absolute Gasteiger partial charge is 0.415 e. The van der Waals surface area contributed by atoms with Gasteiger partial charge in [-0.2, -0.15) is 0 Å². The zero-order valence-electron chi connectivity index (χ0n) is 6.29. The predicted molar refractivity (Wildman–Crippen MR) is 42.3 cm³/mol. The standard InChI is InChI=1S/C5H7N3O3S/c1-2-10-4(9)6-3-7-8-5(12)11-3/h2H2,1H3,(H,8,12)(H,6,7,9). The quantitative estimate of drug-likeness (QED) is 0.685. The van der Waals surface area contributed by atoms with Gasteiger partial charge < -0.3 is 9.15 Å². The van der Waals surface area contributed by atoms with Crippen molar-refractivity contribution in [2.24, 2.45) is 0 Å². The molecule has 0 radical (unpaired) electrons. The number of rotatable bonds is 2. The highest BCUT2D eigenvalue weighted by Crippen LogP contribution is 2.00. The fraction of sp³-hybridized carbons (Fsp3) is 0.400. The van der Waals surface area contributed by atoms with Crippen LogP contribution in [-0.4, -0.2) is 22.9 Å². The number of ether oxygens (including phenoxy) is 1. The molecule has 0 unspecified atom stereocenters. The number of carbonyl (C=O) groups excluding carboxylic acids is 1. The van der Waals surface area contributed by atoms with Crippen molar-refractivity contribution in [1.29, 1.82) is 0 Å². The van der Waals surface area contributed by atoms with E-state index in [1.165, 1.54) is 0 Å². The Morgan fingerprint density at radius 1 is 1.92 bits per heavy atom. The summed E-state index contributed by atoms with van der Waals surface area (Å²) in [7, 11) is 0. The number of aromatic nitrogens is 2. The van der Waals surface area contributed by atoms with Gasteiger partial charge in [0.25, 0.3) is 4.84 Å². The summed E-state index contributed by atoms with van der Waals surface area (Å²) < 4.78 is 9.29. The van der Waals surface area contributed by atoms with Gasteiger partial charge >= 0.3 is 12.1 Å². The van der Waals surface area contributed by atoms with Crippen LogP contribution in [0.25, 0.3) is 0 Å². The molecule has 1 aromatic rings. The zero-order chi connectivity index (χ0) is 8.97. The van der Waals surface area contributed by atoms with Gasteiger partial charge in [-0.05, 0) is 19.1 Å². The third kappa shape index (κ3) is 2.35. The number of nitrogens with one attached hydrogen (secondary N) is 2. The molecule has 0 fully saturated rings. The molecule has 1 amide bonds. The number of nitrogens with zero attached hydrogens (tertiary/aromatic N) is 1. The van der Waals surface area contributed by atoms with Gasteiger partial charge in [-0.15, -0.1) is 5.10 Å². The van der Waals surface area contributed by atoms with E-state index in [1.54, 1.807) is 6.92 Å². The molecule has 0 saturated heterocycles. The highest BCUT2D eigenvalue weighted by molar-refractivity contribution is 7.71. The van der Waals surface area contributed by atoms with Crippen LogP contribution in [0.5, 0.6) is 0 Å². The first-order valence-corrected chi connectivity index (χ1v) is 3.62. The first kappa shape index (κ1) is 8.72. The third-order valence-corrected chi connectivity index (χ3v) is 1.10. The Hall–Kier alpha value is -1.37. The molecule has 0 saturated carbocycles. The van der Waals surface area contributed by atoms with E-state index in [9.17, 15) is 4.79 Å². The lowest BCUT2D eigenvalue weighted by atomic mass is 10.8. The molecule has 1 rings (SSSR count). The molecule has 1 aromatic heterocycles. The molecule has 0 aliphatic rings. The van der Waals surface area contributed by atoms with Crippen molar-refractivity contribution >= 4 is 24.3 Å². The first-order valence-electron chi connectivity index (χ1n) is 3.21. The van der Waals surface area contributed by atoms with Crippen LogP contribution < -0.4 is 5.32 Å². The molecule has 7 heteroatoms. The van der Waals surface area contributed by atoms with Crippen LogP contribution in [0.4, 0.5) is 10.8 Å².